The number of carbonyl (C=O) groups is 1. The van der Waals surface area contributed by atoms with E-state index in [9.17, 15) is 4.79 Å². The highest BCUT2D eigenvalue weighted by Gasteiger charge is 2.12. The van der Waals surface area contributed by atoms with Crippen LogP contribution in [0.4, 0.5) is 17.2 Å². The molecule has 0 aliphatic rings. The summed E-state index contributed by atoms with van der Waals surface area (Å²) in [4.78, 5) is 16.6. The Labute approximate surface area is 160 Å². The first-order valence-corrected chi connectivity index (χ1v) is 8.31. The second kappa shape index (κ2) is 7.87. The molecule has 128 valence electrons. The normalized spacial score (nSPS) is 10.0. The molecule has 3 aromatic rings. The number of carbonyl (C=O) groups excluding carboxylic acids is 1. The molecule has 0 saturated heterocycles. The molecule has 0 aliphatic carbocycles. The van der Waals surface area contributed by atoms with E-state index in [1.165, 1.54) is 6.20 Å². The molecule has 0 fully saturated rings. The van der Waals surface area contributed by atoms with Crippen LogP contribution >= 0.6 is 23.2 Å². The van der Waals surface area contributed by atoms with E-state index >= 15 is 0 Å². The van der Waals surface area contributed by atoms with Crippen molar-refractivity contribution in [2.24, 2.45) is 0 Å². The fourth-order valence-electron chi connectivity index (χ4n) is 2.18. The molecule has 1 amide bonds. The smallest absolute Gasteiger partial charge is 0.257 e. The Balaban J connectivity index is 1.70. The molecule has 5 nitrogen and oxygen atoms in total. The lowest BCUT2D eigenvalue weighted by atomic mass is 10.2. The number of para-hydroxylation sites is 1. The molecule has 2 N–H and O–H groups in total. The number of rotatable bonds is 4. The van der Waals surface area contributed by atoms with E-state index in [-0.39, 0.29) is 5.91 Å². The third kappa shape index (κ3) is 4.12. The maximum atomic E-state index is 12.3. The van der Waals surface area contributed by atoms with Crippen LogP contribution < -0.4 is 10.6 Å². The van der Waals surface area contributed by atoms with E-state index < -0.39 is 0 Å². The first-order chi connectivity index (χ1) is 12.6. The average molecular weight is 383 g/mol. The van der Waals surface area contributed by atoms with Gasteiger partial charge in [0.1, 0.15) is 5.82 Å². The predicted octanol–water partition coefficient (Wildman–Crippen LogP) is 5.26. The van der Waals surface area contributed by atoms with Crippen molar-refractivity contribution < 1.29 is 4.79 Å². The Hall–Kier alpha value is -3.07. The summed E-state index contributed by atoms with van der Waals surface area (Å²) >= 11 is 12.1. The summed E-state index contributed by atoms with van der Waals surface area (Å²) in [5.41, 5.74) is 2.09. The van der Waals surface area contributed by atoms with E-state index in [2.05, 4.69) is 21.7 Å². The summed E-state index contributed by atoms with van der Waals surface area (Å²) in [7, 11) is 0. The minimum Gasteiger partial charge on any atom is -0.340 e. The number of hydrogen-bond acceptors (Lipinski definition) is 4. The quantitative estimate of drug-likeness (QED) is 0.645. The molecule has 7 heteroatoms. The molecule has 0 radical (unpaired) electrons. The minimum absolute atomic E-state index is 0.359. The van der Waals surface area contributed by atoms with Crippen LogP contribution in [0, 0.1) is 11.3 Å². The van der Waals surface area contributed by atoms with Gasteiger partial charge in [0, 0.05) is 11.9 Å². The Morgan fingerprint density at radius 3 is 2.27 bits per heavy atom. The van der Waals surface area contributed by atoms with Gasteiger partial charge in [0.25, 0.3) is 5.91 Å². The Morgan fingerprint density at radius 2 is 1.69 bits per heavy atom. The first kappa shape index (κ1) is 17.7. The number of anilines is 3. The molecular formula is C19H12Cl2N4O. The third-order valence-corrected chi connectivity index (χ3v) is 4.14. The van der Waals surface area contributed by atoms with Crippen LogP contribution in [0.2, 0.25) is 10.0 Å². The summed E-state index contributed by atoms with van der Waals surface area (Å²) < 4.78 is 0. The topological polar surface area (TPSA) is 77.8 Å². The lowest BCUT2D eigenvalue weighted by molar-refractivity contribution is 0.102. The second-order valence-corrected chi connectivity index (χ2v) is 6.11. The summed E-state index contributed by atoms with van der Waals surface area (Å²) in [6.45, 7) is 0. The molecule has 0 unspecified atom stereocenters. The highest BCUT2D eigenvalue weighted by atomic mass is 35.5. The number of nitrogens with zero attached hydrogens (tertiary/aromatic N) is 2. The molecule has 2 aromatic carbocycles. The number of hydrogen-bond donors (Lipinski definition) is 2. The highest BCUT2D eigenvalue weighted by Crippen LogP contribution is 2.30. The first-order valence-electron chi connectivity index (χ1n) is 7.55. The van der Waals surface area contributed by atoms with E-state index in [4.69, 9.17) is 28.5 Å². The van der Waals surface area contributed by atoms with Crippen molar-refractivity contribution in [1.82, 2.24) is 4.98 Å². The lowest BCUT2D eigenvalue weighted by Crippen LogP contribution is -2.13. The standard InChI is InChI=1S/C19H12Cl2N4O/c20-15-2-1-3-16(21)18(15)25-19(26)13-6-9-17(23-11-13)24-14-7-4-12(10-22)5-8-14/h1-9,11H,(H,23,24)(H,25,26). The molecule has 3 rings (SSSR count). The summed E-state index contributed by atoms with van der Waals surface area (Å²) in [6.07, 6.45) is 1.45. The number of halogens is 2. The SMILES string of the molecule is N#Cc1ccc(Nc2ccc(C(=O)Nc3c(Cl)cccc3Cl)cn2)cc1. The monoisotopic (exact) mass is 382 g/mol. The van der Waals surface area contributed by atoms with Crippen LogP contribution in [0.3, 0.4) is 0 Å². The van der Waals surface area contributed by atoms with Crippen LogP contribution in [0.25, 0.3) is 0 Å². The Bertz CT molecular complexity index is 960. The van der Waals surface area contributed by atoms with Crippen LogP contribution in [0.5, 0.6) is 0 Å². The molecule has 0 bridgehead atoms. The summed E-state index contributed by atoms with van der Waals surface area (Å²) in [5.74, 6) is 0.208. The van der Waals surface area contributed by atoms with Gasteiger partial charge in [-0.05, 0) is 48.5 Å². The van der Waals surface area contributed by atoms with Gasteiger partial charge in [0.05, 0.1) is 32.9 Å². The van der Waals surface area contributed by atoms with Crippen molar-refractivity contribution in [3.63, 3.8) is 0 Å². The lowest BCUT2D eigenvalue weighted by Gasteiger charge is -2.10. The third-order valence-electron chi connectivity index (χ3n) is 3.51. The van der Waals surface area contributed by atoms with E-state index in [0.717, 1.165) is 5.69 Å². The molecule has 0 saturated carbocycles. The van der Waals surface area contributed by atoms with Gasteiger partial charge in [-0.1, -0.05) is 29.3 Å². The van der Waals surface area contributed by atoms with E-state index in [0.29, 0.717) is 32.7 Å². The van der Waals surface area contributed by atoms with Crippen LogP contribution in [-0.4, -0.2) is 10.9 Å². The fraction of sp³-hybridized carbons (Fsp3) is 0. The van der Waals surface area contributed by atoms with E-state index in [1.54, 1.807) is 54.6 Å². The summed E-state index contributed by atoms with van der Waals surface area (Å²) in [5, 5.41) is 15.3. The van der Waals surface area contributed by atoms with Crippen molar-refractivity contribution in [3.8, 4) is 6.07 Å². The van der Waals surface area contributed by atoms with Crippen molar-refractivity contribution in [2.45, 2.75) is 0 Å². The van der Waals surface area contributed by atoms with Gasteiger partial charge in [0.15, 0.2) is 0 Å². The maximum absolute atomic E-state index is 12.3. The number of benzene rings is 2. The Morgan fingerprint density at radius 1 is 1.00 bits per heavy atom. The molecule has 0 aliphatic heterocycles. The van der Waals surface area contributed by atoms with Crippen molar-refractivity contribution in [3.05, 3.63) is 82.0 Å². The number of nitriles is 1. The van der Waals surface area contributed by atoms with Gasteiger partial charge in [-0.2, -0.15) is 5.26 Å². The van der Waals surface area contributed by atoms with Crippen molar-refractivity contribution in [1.29, 1.82) is 5.26 Å². The minimum atomic E-state index is -0.363. The number of pyridine rings is 1. The van der Waals surface area contributed by atoms with Gasteiger partial charge in [0.2, 0.25) is 0 Å². The molecular weight excluding hydrogens is 371 g/mol. The average Bonchev–Trinajstić information content (AvgIpc) is 2.66. The number of nitrogens with one attached hydrogen (secondary N) is 2. The molecule has 0 atom stereocenters. The van der Waals surface area contributed by atoms with Crippen molar-refractivity contribution >= 4 is 46.3 Å². The zero-order valence-electron chi connectivity index (χ0n) is 13.3. The largest absolute Gasteiger partial charge is 0.340 e. The van der Waals surface area contributed by atoms with Gasteiger partial charge >= 0.3 is 0 Å². The molecule has 26 heavy (non-hydrogen) atoms. The van der Waals surface area contributed by atoms with Gasteiger partial charge < -0.3 is 10.6 Å². The fourth-order valence-corrected chi connectivity index (χ4v) is 2.67. The van der Waals surface area contributed by atoms with Gasteiger partial charge in [-0.25, -0.2) is 4.98 Å². The Kier molecular flexibility index (Phi) is 5.37. The second-order valence-electron chi connectivity index (χ2n) is 5.30. The van der Waals surface area contributed by atoms with Gasteiger partial charge in [-0.15, -0.1) is 0 Å². The number of aromatic nitrogens is 1. The zero-order chi connectivity index (χ0) is 18.5. The van der Waals surface area contributed by atoms with E-state index in [1.807, 2.05) is 0 Å². The molecule has 1 aromatic heterocycles. The maximum Gasteiger partial charge on any atom is 0.257 e. The molecule has 1 heterocycles. The van der Waals surface area contributed by atoms with Gasteiger partial charge in [-0.3, -0.25) is 4.79 Å². The van der Waals surface area contributed by atoms with Crippen LogP contribution in [-0.2, 0) is 0 Å². The number of amides is 1. The zero-order valence-corrected chi connectivity index (χ0v) is 14.8. The molecule has 0 spiro atoms. The van der Waals surface area contributed by atoms with Crippen LogP contribution in [0.1, 0.15) is 15.9 Å². The summed E-state index contributed by atoms with van der Waals surface area (Å²) in [6, 6.07) is 17.3. The highest BCUT2D eigenvalue weighted by molar-refractivity contribution is 6.40. The van der Waals surface area contributed by atoms with Crippen molar-refractivity contribution in [2.75, 3.05) is 10.6 Å². The van der Waals surface area contributed by atoms with Crippen LogP contribution in [0.15, 0.2) is 60.8 Å². The predicted molar refractivity (Wildman–Crippen MR) is 103 cm³/mol.